The molecule has 4 atom stereocenters. The van der Waals surface area contributed by atoms with Gasteiger partial charge in [-0.05, 0) is 62.4 Å². The molecule has 2 aromatic carbocycles. The summed E-state index contributed by atoms with van der Waals surface area (Å²) in [6.45, 7) is 3.34. The first-order valence-electron chi connectivity index (χ1n) is 18.1. The molecule has 3 aromatic rings. The van der Waals surface area contributed by atoms with Crippen LogP contribution in [0.4, 0.5) is 13.2 Å². The summed E-state index contributed by atoms with van der Waals surface area (Å²) >= 11 is 0. The highest BCUT2D eigenvalue weighted by Crippen LogP contribution is 2.34. The number of Topliss-reactive ketones (excluding diaryl/α,β-unsaturated/α-hetero) is 2. The minimum atomic E-state index is -4.58. The molecule has 0 unspecified atom stereocenters. The third-order valence-electron chi connectivity index (χ3n) is 9.90. The fraction of sp³-hybridized carbons (Fsp3) is 0.553. The van der Waals surface area contributed by atoms with Crippen LogP contribution in [0.15, 0.2) is 46.9 Å². The van der Waals surface area contributed by atoms with Gasteiger partial charge in [0.1, 0.15) is 17.0 Å². The summed E-state index contributed by atoms with van der Waals surface area (Å²) in [5, 5.41) is 6.06. The Bertz CT molecular complexity index is 1700. The summed E-state index contributed by atoms with van der Waals surface area (Å²) < 4.78 is 56.8. The van der Waals surface area contributed by atoms with Gasteiger partial charge in [-0.25, -0.2) is 4.98 Å². The van der Waals surface area contributed by atoms with E-state index in [0.717, 1.165) is 17.7 Å². The van der Waals surface area contributed by atoms with Gasteiger partial charge in [-0.15, -0.1) is 0 Å². The van der Waals surface area contributed by atoms with Crippen molar-refractivity contribution in [2.75, 3.05) is 26.4 Å². The Balaban J connectivity index is 1.35. The Morgan fingerprint density at radius 2 is 1.73 bits per heavy atom. The molecule has 0 saturated carbocycles. The van der Waals surface area contributed by atoms with Crippen LogP contribution in [0.2, 0.25) is 0 Å². The Hall–Kier alpha value is -4.30. The maximum Gasteiger partial charge on any atom is 0.416 e. The van der Waals surface area contributed by atoms with E-state index in [-0.39, 0.29) is 72.1 Å². The number of ether oxygens (including phenoxy) is 2. The SMILES string of the molecule is CCC(=O)C[C@@H](Cc1nc2ccc(C(F)(F)F)cc2o1)C(=O)N[C@H](C(=O)C[C@@H](CCCCN)C(=O)N[C@@H]1CCOc2ccccc21)C1CCOCC1. The van der Waals surface area contributed by atoms with E-state index in [2.05, 4.69) is 15.6 Å². The van der Waals surface area contributed by atoms with Gasteiger partial charge < -0.3 is 30.3 Å². The standard InChI is InChI=1S/C38H47F3N4O7/c1-2-27(46)19-25(21-34-43-30-11-10-26(38(39,40)41)22-33(30)52-34)37(49)45-35(23-12-16-50-17-13-23)31(47)20-24(7-5-6-15-42)36(48)44-29-14-18-51-32-9-4-3-8-28(29)32/h3-4,8-11,22-25,29,35H,2,5-7,12-21,42H2,1H3,(H,44,48)(H,45,49)/t24-,25+,29-,35+/m1/s1. The highest BCUT2D eigenvalue weighted by atomic mass is 19.4. The molecule has 2 aliphatic heterocycles. The molecule has 3 heterocycles. The molecule has 0 radical (unpaired) electrons. The molecule has 1 fully saturated rings. The van der Waals surface area contributed by atoms with Gasteiger partial charge in [0, 0.05) is 56.8 Å². The van der Waals surface area contributed by atoms with Crippen molar-refractivity contribution in [3.05, 3.63) is 59.5 Å². The van der Waals surface area contributed by atoms with E-state index < -0.39 is 35.5 Å². The molecule has 282 valence electrons. The Morgan fingerprint density at radius 1 is 0.962 bits per heavy atom. The first kappa shape index (κ1) is 38.9. The topological polar surface area (TPSA) is 163 Å². The summed E-state index contributed by atoms with van der Waals surface area (Å²) in [4.78, 5) is 59.0. The van der Waals surface area contributed by atoms with Crippen LogP contribution >= 0.6 is 0 Å². The molecular weight excluding hydrogens is 681 g/mol. The zero-order valence-electron chi connectivity index (χ0n) is 29.3. The van der Waals surface area contributed by atoms with E-state index in [4.69, 9.17) is 19.6 Å². The quantitative estimate of drug-likeness (QED) is 0.150. The first-order valence-corrected chi connectivity index (χ1v) is 18.1. The number of fused-ring (bicyclic) bond motifs is 2. The number of nitrogens with one attached hydrogen (secondary N) is 2. The van der Waals surface area contributed by atoms with Crippen molar-refractivity contribution in [1.82, 2.24) is 15.6 Å². The van der Waals surface area contributed by atoms with Crippen LogP contribution in [0.3, 0.4) is 0 Å². The predicted octanol–water partition coefficient (Wildman–Crippen LogP) is 5.63. The number of amides is 2. The number of carbonyl (C=O) groups is 4. The van der Waals surface area contributed by atoms with E-state index in [0.29, 0.717) is 70.6 Å². The van der Waals surface area contributed by atoms with E-state index in [1.54, 1.807) is 6.92 Å². The first-order chi connectivity index (χ1) is 25.0. The second kappa shape index (κ2) is 18.0. The number of hydrogen-bond acceptors (Lipinski definition) is 9. The number of benzene rings is 2. The zero-order valence-corrected chi connectivity index (χ0v) is 29.3. The number of oxazole rings is 1. The summed E-state index contributed by atoms with van der Waals surface area (Å²) in [6, 6.07) is 9.21. The molecule has 52 heavy (non-hydrogen) atoms. The van der Waals surface area contributed by atoms with Crippen LogP contribution in [0.1, 0.15) is 87.8 Å². The average molecular weight is 729 g/mol. The highest BCUT2D eigenvalue weighted by Gasteiger charge is 2.37. The molecule has 11 nitrogen and oxygen atoms in total. The van der Waals surface area contributed by atoms with Crippen molar-refractivity contribution in [1.29, 1.82) is 0 Å². The second-order valence-corrected chi connectivity index (χ2v) is 13.6. The third-order valence-corrected chi connectivity index (χ3v) is 9.90. The molecule has 0 spiro atoms. The van der Waals surface area contributed by atoms with Gasteiger partial charge in [0.15, 0.2) is 17.3 Å². The van der Waals surface area contributed by atoms with Crippen LogP contribution in [-0.4, -0.2) is 60.8 Å². The van der Waals surface area contributed by atoms with E-state index in [1.165, 1.54) is 6.07 Å². The number of aromatic nitrogens is 1. The van der Waals surface area contributed by atoms with E-state index in [9.17, 15) is 32.3 Å². The molecule has 2 aliphatic rings. The number of para-hydroxylation sites is 1. The van der Waals surface area contributed by atoms with Crippen molar-refractivity contribution >= 4 is 34.5 Å². The second-order valence-electron chi connectivity index (χ2n) is 13.6. The van der Waals surface area contributed by atoms with Crippen LogP contribution in [-0.2, 0) is 36.5 Å². The molecule has 0 bridgehead atoms. The number of carbonyl (C=O) groups excluding carboxylic acids is 4. The summed E-state index contributed by atoms with van der Waals surface area (Å²) in [6.07, 6.45) is -1.56. The lowest BCUT2D eigenvalue weighted by Crippen LogP contribution is -2.50. The van der Waals surface area contributed by atoms with Crippen molar-refractivity contribution in [3.8, 4) is 5.75 Å². The minimum absolute atomic E-state index is 0.00125. The summed E-state index contributed by atoms with van der Waals surface area (Å²) in [7, 11) is 0. The molecule has 0 aliphatic carbocycles. The van der Waals surface area contributed by atoms with E-state index >= 15 is 0 Å². The van der Waals surface area contributed by atoms with Crippen molar-refractivity contribution in [2.45, 2.75) is 89.4 Å². The number of nitrogens with zero attached hydrogens (tertiary/aromatic N) is 1. The molecule has 14 heteroatoms. The number of nitrogens with two attached hydrogens (primary N) is 1. The van der Waals surface area contributed by atoms with Crippen molar-refractivity contribution in [2.24, 2.45) is 23.5 Å². The van der Waals surface area contributed by atoms with Crippen molar-refractivity contribution < 1.29 is 46.2 Å². The minimum Gasteiger partial charge on any atom is -0.493 e. The van der Waals surface area contributed by atoms with Gasteiger partial charge >= 0.3 is 6.18 Å². The lowest BCUT2D eigenvalue weighted by atomic mass is 9.83. The number of unbranched alkanes of at least 4 members (excludes halogenated alkanes) is 1. The van der Waals surface area contributed by atoms with Gasteiger partial charge in [0.2, 0.25) is 11.8 Å². The molecule has 5 rings (SSSR count). The lowest BCUT2D eigenvalue weighted by Gasteiger charge is -2.32. The highest BCUT2D eigenvalue weighted by molar-refractivity contribution is 5.94. The number of halogens is 3. The Morgan fingerprint density at radius 3 is 2.46 bits per heavy atom. The molecule has 2 amide bonds. The molecule has 1 aromatic heterocycles. The maximum atomic E-state index is 14.2. The third kappa shape index (κ3) is 10.2. The van der Waals surface area contributed by atoms with Crippen LogP contribution in [0.5, 0.6) is 5.75 Å². The van der Waals surface area contributed by atoms with Crippen molar-refractivity contribution in [3.63, 3.8) is 0 Å². The summed E-state index contributed by atoms with van der Waals surface area (Å²) in [5.41, 5.74) is 5.81. The van der Waals surface area contributed by atoms with Gasteiger partial charge in [-0.1, -0.05) is 31.5 Å². The van der Waals surface area contributed by atoms with Gasteiger partial charge in [0.25, 0.3) is 0 Å². The van der Waals surface area contributed by atoms with Gasteiger partial charge in [-0.3, -0.25) is 19.2 Å². The van der Waals surface area contributed by atoms with E-state index in [1.807, 2.05) is 24.3 Å². The molecule has 1 saturated heterocycles. The fourth-order valence-electron chi connectivity index (χ4n) is 6.92. The van der Waals surface area contributed by atoms with Gasteiger partial charge in [-0.2, -0.15) is 13.2 Å². The van der Waals surface area contributed by atoms with Gasteiger partial charge in [0.05, 0.1) is 30.2 Å². The smallest absolute Gasteiger partial charge is 0.416 e. The Labute approximate surface area is 300 Å². The van der Waals surface area contributed by atoms with Crippen LogP contribution < -0.4 is 21.1 Å². The maximum absolute atomic E-state index is 14.2. The lowest BCUT2D eigenvalue weighted by molar-refractivity contribution is -0.137. The van der Waals surface area contributed by atoms with Crippen LogP contribution in [0, 0.1) is 17.8 Å². The summed E-state index contributed by atoms with van der Waals surface area (Å²) in [5.74, 6) is -2.60. The predicted molar refractivity (Wildman–Crippen MR) is 185 cm³/mol. The van der Waals surface area contributed by atoms with Crippen LogP contribution in [0.25, 0.3) is 11.1 Å². The Kier molecular flexibility index (Phi) is 13.4. The number of rotatable bonds is 17. The number of hydrogen-bond donors (Lipinski definition) is 3. The molecular formula is C38H47F3N4O7. The number of alkyl halides is 3. The zero-order chi connectivity index (χ0) is 37.3. The molecule has 4 N–H and O–H groups in total. The number of ketones is 2. The fourth-order valence-corrected chi connectivity index (χ4v) is 6.92. The largest absolute Gasteiger partial charge is 0.493 e. The normalized spacial score (nSPS) is 18.1. The average Bonchev–Trinajstić information content (AvgIpc) is 3.55. The monoisotopic (exact) mass is 728 g/mol.